The van der Waals surface area contributed by atoms with Crippen LogP contribution in [0.2, 0.25) is 0 Å². The van der Waals surface area contributed by atoms with Crippen LogP contribution in [0.3, 0.4) is 0 Å². The van der Waals surface area contributed by atoms with Crippen molar-refractivity contribution in [1.82, 2.24) is 24.6 Å². The predicted molar refractivity (Wildman–Crippen MR) is 109 cm³/mol. The third kappa shape index (κ3) is 5.10. The average Bonchev–Trinajstić information content (AvgIpc) is 3.26. The summed E-state index contributed by atoms with van der Waals surface area (Å²) in [5.74, 6) is -1.57. The Balaban J connectivity index is 1.59. The second-order valence-electron chi connectivity index (χ2n) is 8.16. The summed E-state index contributed by atoms with van der Waals surface area (Å²) in [4.78, 5) is 24.3. The summed E-state index contributed by atoms with van der Waals surface area (Å²) in [6.45, 7) is 3.68. The van der Waals surface area contributed by atoms with Crippen molar-refractivity contribution >= 4 is 17.7 Å². The van der Waals surface area contributed by atoms with E-state index in [1.165, 1.54) is 23.9 Å². The summed E-state index contributed by atoms with van der Waals surface area (Å²) in [5, 5.41) is 7.02. The molecular weight excluding hydrogens is 430 g/mol. The number of nitrogens with one attached hydrogen (secondary N) is 1. The summed E-state index contributed by atoms with van der Waals surface area (Å²) in [6.07, 6.45) is -1.16. The van der Waals surface area contributed by atoms with Gasteiger partial charge in [-0.3, -0.25) is 4.79 Å². The van der Waals surface area contributed by atoms with Crippen molar-refractivity contribution in [2.45, 2.75) is 51.0 Å². The molecule has 1 saturated heterocycles. The van der Waals surface area contributed by atoms with E-state index in [9.17, 15) is 22.4 Å². The lowest BCUT2D eigenvalue weighted by molar-refractivity contribution is -0.129. The first-order valence-electron chi connectivity index (χ1n) is 10.6. The maximum atomic E-state index is 13.5. The van der Waals surface area contributed by atoms with Crippen LogP contribution in [0.5, 0.6) is 0 Å². The van der Waals surface area contributed by atoms with Gasteiger partial charge in [0.1, 0.15) is 11.5 Å². The van der Waals surface area contributed by atoms with E-state index in [0.29, 0.717) is 37.8 Å². The highest BCUT2D eigenvalue weighted by molar-refractivity contribution is 5.73. The van der Waals surface area contributed by atoms with Gasteiger partial charge in [-0.05, 0) is 18.9 Å². The molecule has 2 aromatic heterocycles. The Labute approximate surface area is 182 Å². The Morgan fingerprint density at radius 3 is 2.38 bits per heavy atom. The van der Waals surface area contributed by atoms with Gasteiger partial charge in [0.25, 0.3) is 6.43 Å². The van der Waals surface area contributed by atoms with Crippen molar-refractivity contribution in [2.24, 2.45) is 0 Å². The third-order valence-electron chi connectivity index (χ3n) is 5.87. The van der Waals surface area contributed by atoms with Gasteiger partial charge in [0.2, 0.25) is 17.8 Å². The number of hydrogen-bond acceptors (Lipinski definition) is 6. The van der Waals surface area contributed by atoms with E-state index in [-0.39, 0.29) is 49.3 Å². The molecule has 2 aliphatic rings. The summed E-state index contributed by atoms with van der Waals surface area (Å²) in [5.41, 5.74) is -0.371. The topological polar surface area (TPSA) is 79.2 Å². The van der Waals surface area contributed by atoms with Crippen LogP contribution in [0.25, 0.3) is 5.82 Å². The lowest BCUT2D eigenvalue weighted by Gasteiger charge is -2.35. The molecule has 1 amide bonds. The molecule has 0 spiro atoms. The Bertz CT molecular complexity index is 949. The Hall–Kier alpha value is -2.92. The number of carbonyl (C=O) groups is 1. The van der Waals surface area contributed by atoms with Crippen LogP contribution < -0.4 is 10.2 Å². The third-order valence-corrected chi connectivity index (χ3v) is 5.87. The molecule has 0 aromatic carbocycles. The van der Waals surface area contributed by atoms with Gasteiger partial charge in [-0.15, -0.1) is 0 Å². The summed E-state index contributed by atoms with van der Waals surface area (Å²) in [7, 11) is 0. The molecule has 4 rings (SSSR count). The molecule has 1 aliphatic carbocycles. The van der Waals surface area contributed by atoms with Crippen molar-refractivity contribution in [3.8, 4) is 5.82 Å². The summed E-state index contributed by atoms with van der Waals surface area (Å²) >= 11 is 0. The van der Waals surface area contributed by atoms with Crippen LogP contribution >= 0.6 is 0 Å². The first-order valence-corrected chi connectivity index (χ1v) is 10.6. The smallest absolute Gasteiger partial charge is 0.282 e. The highest BCUT2D eigenvalue weighted by atomic mass is 19.3. The van der Waals surface area contributed by atoms with E-state index in [4.69, 9.17) is 0 Å². The summed E-state index contributed by atoms with van der Waals surface area (Å²) < 4.78 is 54.2. The molecule has 1 aliphatic heterocycles. The van der Waals surface area contributed by atoms with E-state index in [1.807, 2.05) is 4.90 Å². The number of anilines is 2. The van der Waals surface area contributed by atoms with Gasteiger partial charge < -0.3 is 15.1 Å². The molecular formula is C20H25F4N7O. The monoisotopic (exact) mass is 455 g/mol. The largest absolute Gasteiger partial charge is 0.353 e. The van der Waals surface area contributed by atoms with Gasteiger partial charge in [-0.25, -0.2) is 22.2 Å². The van der Waals surface area contributed by atoms with Crippen LogP contribution in [-0.2, 0) is 4.79 Å². The Morgan fingerprint density at radius 2 is 1.78 bits per heavy atom. The number of aromatic nitrogens is 4. The fourth-order valence-corrected chi connectivity index (χ4v) is 3.97. The second-order valence-corrected chi connectivity index (χ2v) is 8.16. The molecule has 3 heterocycles. The fourth-order valence-electron chi connectivity index (χ4n) is 3.97. The number of piperazine rings is 1. The number of alkyl halides is 4. The summed E-state index contributed by atoms with van der Waals surface area (Å²) in [6, 6.07) is 2.65. The second kappa shape index (κ2) is 8.91. The van der Waals surface area contributed by atoms with Gasteiger partial charge >= 0.3 is 0 Å². The SMILES string of the molecule is CC(=O)N1CCN(c2cc(-n3ccc(C(F)F)n3)nc(NC3CCC(F)(F)CC3)n2)CC1. The van der Waals surface area contributed by atoms with Crippen LogP contribution in [-0.4, -0.2) is 68.7 Å². The molecule has 1 N–H and O–H groups in total. The zero-order valence-corrected chi connectivity index (χ0v) is 17.6. The van der Waals surface area contributed by atoms with Crippen molar-refractivity contribution < 1.29 is 22.4 Å². The zero-order valence-electron chi connectivity index (χ0n) is 17.6. The molecule has 174 valence electrons. The average molecular weight is 455 g/mol. The number of carbonyl (C=O) groups excluding carboxylic acids is 1. The number of halogens is 4. The van der Waals surface area contributed by atoms with E-state index < -0.39 is 12.3 Å². The lowest BCUT2D eigenvalue weighted by Crippen LogP contribution is -2.48. The number of nitrogens with zero attached hydrogens (tertiary/aromatic N) is 6. The first-order chi connectivity index (χ1) is 15.2. The number of amides is 1. The molecule has 0 bridgehead atoms. The standard InChI is InChI=1S/C20H25F4N7O/c1-13(32)29-8-10-30(11-9-29)16-12-17(31-7-4-15(28-31)18(21)22)27-19(26-16)25-14-2-5-20(23,24)6-3-14/h4,7,12,14,18H,2-3,5-6,8-11H2,1H3,(H,25,26,27). The van der Waals surface area contributed by atoms with Gasteiger partial charge in [0.05, 0.1) is 0 Å². The minimum absolute atomic E-state index is 0.000511. The molecule has 8 nitrogen and oxygen atoms in total. The predicted octanol–water partition coefficient (Wildman–Crippen LogP) is 3.26. The van der Waals surface area contributed by atoms with Gasteiger partial charge in [0.15, 0.2) is 5.82 Å². The molecule has 1 saturated carbocycles. The number of hydrogen-bond donors (Lipinski definition) is 1. The first kappa shape index (κ1) is 22.3. The van der Waals surface area contributed by atoms with E-state index in [2.05, 4.69) is 20.4 Å². The number of rotatable bonds is 5. The van der Waals surface area contributed by atoms with Crippen molar-refractivity contribution in [2.75, 3.05) is 36.4 Å². The van der Waals surface area contributed by atoms with Gasteiger partial charge in [0, 0.05) is 64.2 Å². The molecule has 0 radical (unpaired) electrons. The molecule has 0 atom stereocenters. The molecule has 0 unspecified atom stereocenters. The minimum atomic E-state index is -2.71. The lowest BCUT2D eigenvalue weighted by atomic mass is 9.92. The molecule has 32 heavy (non-hydrogen) atoms. The normalized spacial score (nSPS) is 19.4. The van der Waals surface area contributed by atoms with Crippen LogP contribution in [0.4, 0.5) is 29.3 Å². The Kier molecular flexibility index (Phi) is 6.20. The van der Waals surface area contributed by atoms with Crippen molar-refractivity contribution in [1.29, 1.82) is 0 Å². The fraction of sp³-hybridized carbons (Fsp3) is 0.600. The van der Waals surface area contributed by atoms with Crippen molar-refractivity contribution in [3.05, 3.63) is 24.0 Å². The van der Waals surface area contributed by atoms with Crippen LogP contribution in [0.15, 0.2) is 18.3 Å². The van der Waals surface area contributed by atoms with Crippen LogP contribution in [0.1, 0.15) is 44.7 Å². The van der Waals surface area contributed by atoms with E-state index in [1.54, 1.807) is 11.0 Å². The van der Waals surface area contributed by atoms with Crippen LogP contribution in [0, 0.1) is 0 Å². The zero-order chi connectivity index (χ0) is 22.9. The molecule has 2 aromatic rings. The van der Waals surface area contributed by atoms with Gasteiger partial charge in [-0.1, -0.05) is 0 Å². The molecule has 2 fully saturated rings. The quantitative estimate of drug-likeness (QED) is 0.698. The minimum Gasteiger partial charge on any atom is -0.353 e. The van der Waals surface area contributed by atoms with Gasteiger partial charge in [-0.2, -0.15) is 15.1 Å². The maximum Gasteiger partial charge on any atom is 0.282 e. The van der Waals surface area contributed by atoms with E-state index in [0.717, 1.165) is 0 Å². The highest BCUT2D eigenvalue weighted by Crippen LogP contribution is 2.34. The maximum absolute atomic E-state index is 13.5. The molecule has 12 heteroatoms. The highest BCUT2D eigenvalue weighted by Gasteiger charge is 2.35. The van der Waals surface area contributed by atoms with Crippen molar-refractivity contribution in [3.63, 3.8) is 0 Å². The Morgan fingerprint density at radius 1 is 1.12 bits per heavy atom. The van der Waals surface area contributed by atoms with E-state index >= 15 is 0 Å².